The smallest absolute Gasteiger partial charge is 0.183 e. The average Bonchev–Trinajstić information content (AvgIpc) is 3.30. The lowest BCUT2D eigenvalue weighted by molar-refractivity contribution is 0.0796. The molecule has 27 heavy (non-hydrogen) atoms. The number of aromatic amines is 1. The first kappa shape index (κ1) is 16.2. The third kappa shape index (κ3) is 2.20. The number of Topliss-reactive ketones (excluding diaryl/α,β-unsaturated/α-hetero) is 1. The van der Waals surface area contributed by atoms with Crippen molar-refractivity contribution in [3.8, 4) is 6.07 Å². The van der Waals surface area contributed by atoms with Gasteiger partial charge in [0.05, 0.1) is 34.5 Å². The Labute approximate surface area is 157 Å². The Morgan fingerprint density at radius 1 is 1.33 bits per heavy atom. The van der Waals surface area contributed by atoms with E-state index in [1.807, 2.05) is 37.3 Å². The van der Waals surface area contributed by atoms with Gasteiger partial charge in [-0.25, -0.2) is 4.98 Å². The summed E-state index contributed by atoms with van der Waals surface area (Å²) in [5.74, 6) is 0.248. The molecular formula is C22H20N4O. The second-order valence-corrected chi connectivity index (χ2v) is 7.66. The molecule has 2 atom stereocenters. The number of benzene rings is 2. The third-order valence-electron chi connectivity index (χ3n) is 6.34. The predicted molar refractivity (Wildman–Crippen MR) is 103 cm³/mol. The quantitative estimate of drug-likeness (QED) is 0.690. The summed E-state index contributed by atoms with van der Waals surface area (Å²) in [5.41, 5.74) is 5.97. The molecule has 1 saturated heterocycles. The second-order valence-electron chi connectivity index (χ2n) is 7.66. The lowest BCUT2D eigenvalue weighted by atomic mass is 9.73. The van der Waals surface area contributed by atoms with Gasteiger partial charge in [-0.1, -0.05) is 6.07 Å². The highest BCUT2D eigenvalue weighted by molar-refractivity contribution is 6.06. The Morgan fingerprint density at radius 3 is 3.07 bits per heavy atom. The highest BCUT2D eigenvalue weighted by atomic mass is 16.1. The van der Waals surface area contributed by atoms with Gasteiger partial charge >= 0.3 is 0 Å². The van der Waals surface area contributed by atoms with E-state index < -0.39 is 5.54 Å². The van der Waals surface area contributed by atoms with Crippen LogP contribution in [0, 0.1) is 18.3 Å². The predicted octanol–water partition coefficient (Wildman–Crippen LogP) is 3.39. The van der Waals surface area contributed by atoms with Crippen molar-refractivity contribution in [2.45, 2.75) is 37.6 Å². The van der Waals surface area contributed by atoms with Crippen molar-refractivity contribution >= 4 is 16.8 Å². The fourth-order valence-electron chi connectivity index (χ4n) is 5.06. The molecule has 2 aromatic carbocycles. The van der Waals surface area contributed by atoms with Crippen molar-refractivity contribution in [3.63, 3.8) is 0 Å². The number of carbonyl (C=O) groups excluding carboxylic acids is 1. The molecule has 5 heteroatoms. The van der Waals surface area contributed by atoms with Gasteiger partial charge in [-0.15, -0.1) is 0 Å². The van der Waals surface area contributed by atoms with Crippen molar-refractivity contribution in [3.05, 3.63) is 64.5 Å². The van der Waals surface area contributed by atoms with E-state index in [1.54, 1.807) is 6.33 Å². The van der Waals surface area contributed by atoms with E-state index in [4.69, 9.17) is 0 Å². The Bertz CT molecular complexity index is 1120. The van der Waals surface area contributed by atoms with Crippen molar-refractivity contribution in [1.82, 2.24) is 15.3 Å². The van der Waals surface area contributed by atoms with Gasteiger partial charge in [-0.2, -0.15) is 5.26 Å². The first-order chi connectivity index (χ1) is 13.1. The molecule has 1 aliphatic carbocycles. The van der Waals surface area contributed by atoms with Crippen LogP contribution in [0.25, 0.3) is 11.0 Å². The van der Waals surface area contributed by atoms with Crippen LogP contribution in [0.5, 0.6) is 0 Å². The van der Waals surface area contributed by atoms with Gasteiger partial charge < -0.3 is 10.3 Å². The first-order valence-corrected chi connectivity index (χ1v) is 9.39. The number of hydrogen-bond donors (Lipinski definition) is 2. The number of H-pyrrole nitrogens is 1. The van der Waals surface area contributed by atoms with Crippen LogP contribution in [-0.2, 0) is 6.42 Å². The molecule has 1 aliphatic heterocycles. The number of rotatable bonds is 2. The monoisotopic (exact) mass is 356 g/mol. The molecule has 3 aromatic rings. The minimum absolute atomic E-state index is 0.111. The van der Waals surface area contributed by atoms with Gasteiger partial charge in [-0.05, 0) is 73.7 Å². The third-order valence-corrected chi connectivity index (χ3v) is 6.34. The standard InChI is InChI=1S/C22H20N4O/c1-13-16(11-23)5-4-15-10-22(17(20(13)15)3-2-8-26-22)21(27)14-6-7-18-19(9-14)25-12-24-18/h4-7,9,12,17,26H,2-3,8,10H2,1H3,(H,24,25). The molecule has 1 fully saturated rings. The summed E-state index contributed by atoms with van der Waals surface area (Å²) in [4.78, 5) is 21.1. The number of imidazole rings is 1. The Balaban J connectivity index is 1.64. The minimum Gasteiger partial charge on any atom is -0.345 e. The summed E-state index contributed by atoms with van der Waals surface area (Å²) in [5, 5.41) is 13.0. The average molecular weight is 356 g/mol. The maximum absolute atomic E-state index is 13.7. The molecule has 0 spiro atoms. The maximum Gasteiger partial charge on any atom is 0.183 e. The fraction of sp³-hybridized carbons (Fsp3) is 0.318. The summed E-state index contributed by atoms with van der Waals surface area (Å²) < 4.78 is 0. The largest absolute Gasteiger partial charge is 0.345 e. The number of hydrogen-bond acceptors (Lipinski definition) is 4. The Morgan fingerprint density at radius 2 is 2.22 bits per heavy atom. The van der Waals surface area contributed by atoms with Crippen LogP contribution in [0.4, 0.5) is 0 Å². The molecule has 0 saturated carbocycles. The topological polar surface area (TPSA) is 81.6 Å². The molecule has 2 unspecified atom stereocenters. The summed E-state index contributed by atoms with van der Waals surface area (Å²) in [6.07, 6.45) is 4.33. The molecule has 0 bridgehead atoms. The molecule has 2 heterocycles. The fourth-order valence-corrected chi connectivity index (χ4v) is 5.06. The van der Waals surface area contributed by atoms with Gasteiger partial charge in [0.25, 0.3) is 0 Å². The van der Waals surface area contributed by atoms with E-state index in [1.165, 1.54) is 11.1 Å². The number of nitrogens with one attached hydrogen (secondary N) is 2. The van der Waals surface area contributed by atoms with Crippen molar-refractivity contribution in [2.75, 3.05) is 6.54 Å². The molecular weight excluding hydrogens is 336 g/mol. The van der Waals surface area contributed by atoms with E-state index in [-0.39, 0.29) is 11.7 Å². The van der Waals surface area contributed by atoms with E-state index in [0.29, 0.717) is 17.5 Å². The molecule has 0 radical (unpaired) electrons. The van der Waals surface area contributed by atoms with Crippen LogP contribution < -0.4 is 5.32 Å². The maximum atomic E-state index is 13.7. The Kier molecular flexibility index (Phi) is 3.46. The van der Waals surface area contributed by atoms with Crippen LogP contribution in [0.2, 0.25) is 0 Å². The van der Waals surface area contributed by atoms with Crippen molar-refractivity contribution in [1.29, 1.82) is 5.26 Å². The highest BCUT2D eigenvalue weighted by Crippen LogP contribution is 2.49. The van der Waals surface area contributed by atoms with Crippen molar-refractivity contribution < 1.29 is 4.79 Å². The number of nitriles is 1. The van der Waals surface area contributed by atoms with E-state index in [2.05, 4.69) is 21.4 Å². The summed E-state index contributed by atoms with van der Waals surface area (Å²) in [6, 6.07) is 11.9. The van der Waals surface area contributed by atoms with Gasteiger partial charge in [0, 0.05) is 11.5 Å². The van der Waals surface area contributed by atoms with Crippen LogP contribution in [0.15, 0.2) is 36.7 Å². The number of ketones is 1. The minimum atomic E-state index is -0.618. The van der Waals surface area contributed by atoms with Crippen LogP contribution in [0.3, 0.4) is 0 Å². The van der Waals surface area contributed by atoms with Crippen LogP contribution >= 0.6 is 0 Å². The van der Waals surface area contributed by atoms with Gasteiger partial charge in [-0.3, -0.25) is 4.79 Å². The zero-order valence-electron chi connectivity index (χ0n) is 15.2. The van der Waals surface area contributed by atoms with E-state index >= 15 is 0 Å². The lowest BCUT2D eigenvalue weighted by Gasteiger charge is -2.40. The van der Waals surface area contributed by atoms with Gasteiger partial charge in [0.1, 0.15) is 0 Å². The zero-order valence-corrected chi connectivity index (χ0v) is 15.2. The molecule has 1 aromatic heterocycles. The molecule has 0 amide bonds. The second kappa shape index (κ2) is 5.77. The molecule has 134 valence electrons. The van der Waals surface area contributed by atoms with Crippen LogP contribution in [0.1, 0.15) is 51.4 Å². The highest BCUT2D eigenvalue weighted by Gasteiger charge is 2.53. The molecule has 5 rings (SSSR count). The Hall–Kier alpha value is -2.97. The normalized spacial score (nSPS) is 23.6. The van der Waals surface area contributed by atoms with E-state index in [9.17, 15) is 10.1 Å². The van der Waals surface area contributed by atoms with Crippen molar-refractivity contribution in [2.24, 2.45) is 0 Å². The SMILES string of the molecule is Cc1c(C#N)ccc2c1C1CCCNC1(C(=O)c1ccc3nc[nH]c3c1)C2. The summed E-state index contributed by atoms with van der Waals surface area (Å²) >= 11 is 0. The van der Waals surface area contributed by atoms with Gasteiger partial charge in [0.2, 0.25) is 0 Å². The lowest BCUT2D eigenvalue weighted by Crippen LogP contribution is -2.58. The number of carbonyl (C=O) groups is 1. The summed E-state index contributed by atoms with van der Waals surface area (Å²) in [7, 11) is 0. The summed E-state index contributed by atoms with van der Waals surface area (Å²) in [6.45, 7) is 2.86. The zero-order chi connectivity index (χ0) is 18.6. The first-order valence-electron chi connectivity index (χ1n) is 9.39. The van der Waals surface area contributed by atoms with E-state index in [0.717, 1.165) is 36.0 Å². The number of fused-ring (bicyclic) bond motifs is 4. The molecule has 2 aliphatic rings. The van der Waals surface area contributed by atoms with Gasteiger partial charge in [0.15, 0.2) is 5.78 Å². The molecule has 5 nitrogen and oxygen atoms in total. The van der Waals surface area contributed by atoms with Crippen LogP contribution in [-0.4, -0.2) is 27.8 Å². The number of piperidine rings is 1. The number of nitrogens with zero attached hydrogens (tertiary/aromatic N) is 2. The molecule has 2 N–H and O–H groups in total. The number of aromatic nitrogens is 2.